The van der Waals surface area contributed by atoms with E-state index in [9.17, 15) is 13.2 Å². The van der Waals surface area contributed by atoms with Crippen LogP contribution in [0.3, 0.4) is 0 Å². The molecule has 1 aromatic rings. The molecule has 1 aromatic carbocycles. The predicted octanol–water partition coefficient (Wildman–Crippen LogP) is 0.921. The SMILES string of the molecule is Cc1ccc(C(=O)OC2CCS(=O)(=O)C2)cc1N. The molecule has 0 bridgehead atoms. The van der Waals surface area contributed by atoms with Crippen molar-refractivity contribution in [3.8, 4) is 0 Å². The van der Waals surface area contributed by atoms with Gasteiger partial charge in [-0.25, -0.2) is 13.2 Å². The quantitative estimate of drug-likeness (QED) is 0.637. The highest BCUT2D eigenvalue weighted by atomic mass is 32.2. The zero-order chi connectivity index (χ0) is 13.3. The maximum Gasteiger partial charge on any atom is 0.338 e. The maximum absolute atomic E-state index is 11.8. The number of ether oxygens (including phenoxy) is 1. The predicted molar refractivity (Wildman–Crippen MR) is 68.1 cm³/mol. The van der Waals surface area contributed by atoms with Crippen LogP contribution >= 0.6 is 0 Å². The van der Waals surface area contributed by atoms with Gasteiger partial charge in [-0.1, -0.05) is 6.07 Å². The van der Waals surface area contributed by atoms with Crippen molar-refractivity contribution >= 4 is 21.5 Å². The van der Waals surface area contributed by atoms with E-state index in [0.29, 0.717) is 17.7 Å². The first-order valence-corrected chi connectivity index (χ1v) is 7.47. The molecule has 1 saturated heterocycles. The number of sulfone groups is 1. The molecule has 0 saturated carbocycles. The average molecular weight is 269 g/mol. The molecule has 2 rings (SSSR count). The number of nitrogen functional groups attached to an aromatic ring is 1. The lowest BCUT2D eigenvalue weighted by Crippen LogP contribution is -2.19. The molecule has 5 nitrogen and oxygen atoms in total. The summed E-state index contributed by atoms with van der Waals surface area (Å²) in [5.41, 5.74) is 7.46. The minimum absolute atomic E-state index is 0.0833. The first-order chi connectivity index (χ1) is 8.37. The van der Waals surface area contributed by atoms with Crippen molar-refractivity contribution in [2.75, 3.05) is 17.2 Å². The van der Waals surface area contributed by atoms with Crippen molar-refractivity contribution in [1.29, 1.82) is 0 Å². The topological polar surface area (TPSA) is 86.5 Å². The molecule has 1 heterocycles. The molecular formula is C12H15NO4S. The van der Waals surface area contributed by atoms with Crippen LogP contribution in [0.4, 0.5) is 5.69 Å². The number of esters is 1. The zero-order valence-electron chi connectivity index (χ0n) is 10.0. The molecule has 1 aliphatic heterocycles. The summed E-state index contributed by atoms with van der Waals surface area (Å²) in [5.74, 6) is -0.523. The average Bonchev–Trinajstić information content (AvgIpc) is 2.62. The van der Waals surface area contributed by atoms with Crippen LogP contribution in [0.5, 0.6) is 0 Å². The van der Waals surface area contributed by atoms with Gasteiger partial charge in [0.05, 0.1) is 17.1 Å². The van der Waals surface area contributed by atoms with Gasteiger partial charge in [-0.05, 0) is 31.0 Å². The Bertz CT molecular complexity index is 580. The Morgan fingerprint density at radius 3 is 2.72 bits per heavy atom. The molecule has 0 aliphatic carbocycles. The van der Waals surface area contributed by atoms with E-state index in [2.05, 4.69) is 0 Å². The summed E-state index contributed by atoms with van der Waals surface area (Å²) in [7, 11) is -3.04. The van der Waals surface area contributed by atoms with Gasteiger partial charge in [-0.15, -0.1) is 0 Å². The fraction of sp³-hybridized carbons (Fsp3) is 0.417. The lowest BCUT2D eigenvalue weighted by Gasteiger charge is -2.11. The number of nitrogens with two attached hydrogens (primary N) is 1. The second-order valence-corrected chi connectivity index (χ2v) is 6.73. The van der Waals surface area contributed by atoms with Crippen LogP contribution in [-0.2, 0) is 14.6 Å². The summed E-state index contributed by atoms with van der Waals surface area (Å²) >= 11 is 0. The molecule has 1 atom stereocenters. The van der Waals surface area contributed by atoms with E-state index in [4.69, 9.17) is 10.5 Å². The van der Waals surface area contributed by atoms with Crippen LogP contribution in [0.2, 0.25) is 0 Å². The summed E-state index contributed by atoms with van der Waals surface area (Å²) in [5, 5.41) is 0. The van der Waals surface area contributed by atoms with Gasteiger partial charge >= 0.3 is 5.97 Å². The van der Waals surface area contributed by atoms with Crippen LogP contribution in [0.1, 0.15) is 22.3 Å². The summed E-state index contributed by atoms with van der Waals surface area (Å²) in [6.45, 7) is 1.84. The van der Waals surface area contributed by atoms with E-state index in [1.54, 1.807) is 18.2 Å². The van der Waals surface area contributed by atoms with Crippen molar-refractivity contribution in [3.63, 3.8) is 0 Å². The monoisotopic (exact) mass is 269 g/mol. The first kappa shape index (κ1) is 12.9. The normalized spacial score (nSPS) is 21.7. The largest absolute Gasteiger partial charge is 0.458 e. The van der Waals surface area contributed by atoms with Crippen LogP contribution in [0, 0.1) is 6.92 Å². The highest BCUT2D eigenvalue weighted by molar-refractivity contribution is 7.91. The van der Waals surface area contributed by atoms with Crippen LogP contribution in [-0.4, -0.2) is 32.0 Å². The van der Waals surface area contributed by atoms with E-state index in [0.717, 1.165) is 5.56 Å². The number of carbonyl (C=O) groups is 1. The third-order valence-electron chi connectivity index (χ3n) is 2.98. The van der Waals surface area contributed by atoms with Gasteiger partial charge in [0, 0.05) is 5.69 Å². The highest BCUT2D eigenvalue weighted by Crippen LogP contribution is 2.18. The highest BCUT2D eigenvalue weighted by Gasteiger charge is 2.30. The smallest absolute Gasteiger partial charge is 0.338 e. The molecule has 0 amide bonds. The molecule has 0 spiro atoms. The number of anilines is 1. The van der Waals surface area contributed by atoms with Crippen molar-refractivity contribution < 1.29 is 17.9 Å². The summed E-state index contributed by atoms with van der Waals surface area (Å²) in [4.78, 5) is 11.8. The number of aryl methyl sites for hydroxylation is 1. The van der Waals surface area contributed by atoms with Crippen molar-refractivity contribution in [3.05, 3.63) is 29.3 Å². The molecule has 1 aliphatic rings. The number of benzene rings is 1. The second kappa shape index (κ2) is 4.61. The van der Waals surface area contributed by atoms with Crippen LogP contribution in [0.25, 0.3) is 0 Å². The minimum Gasteiger partial charge on any atom is -0.458 e. The van der Waals surface area contributed by atoms with Gasteiger partial charge in [-0.3, -0.25) is 0 Å². The number of hydrogen-bond acceptors (Lipinski definition) is 5. The fourth-order valence-corrected chi connectivity index (χ4v) is 3.43. The van der Waals surface area contributed by atoms with Gasteiger partial charge < -0.3 is 10.5 Å². The lowest BCUT2D eigenvalue weighted by atomic mass is 10.1. The Morgan fingerprint density at radius 2 is 2.17 bits per heavy atom. The molecule has 0 aromatic heterocycles. The van der Waals surface area contributed by atoms with E-state index in [1.807, 2.05) is 6.92 Å². The summed E-state index contributed by atoms with van der Waals surface area (Å²) in [6.07, 6.45) is -0.167. The molecular weight excluding hydrogens is 254 g/mol. The Balaban J connectivity index is 2.06. The van der Waals surface area contributed by atoms with E-state index >= 15 is 0 Å². The molecule has 6 heteroatoms. The van der Waals surface area contributed by atoms with Crippen molar-refractivity contribution in [2.24, 2.45) is 0 Å². The fourth-order valence-electron chi connectivity index (χ4n) is 1.84. The van der Waals surface area contributed by atoms with Crippen molar-refractivity contribution in [1.82, 2.24) is 0 Å². The van der Waals surface area contributed by atoms with Crippen molar-refractivity contribution in [2.45, 2.75) is 19.4 Å². The minimum atomic E-state index is -3.04. The molecule has 1 unspecified atom stereocenters. The van der Waals surface area contributed by atoms with Gasteiger partial charge in [0.1, 0.15) is 6.10 Å². The molecule has 0 radical (unpaired) electrons. The number of rotatable bonds is 2. The number of carbonyl (C=O) groups excluding carboxylic acids is 1. The maximum atomic E-state index is 11.8. The summed E-state index contributed by atoms with van der Waals surface area (Å²) in [6, 6.07) is 4.90. The summed E-state index contributed by atoms with van der Waals surface area (Å²) < 4.78 is 27.6. The van der Waals surface area contributed by atoms with E-state index < -0.39 is 21.9 Å². The zero-order valence-corrected chi connectivity index (χ0v) is 10.9. The van der Waals surface area contributed by atoms with Gasteiger partial charge in [0.2, 0.25) is 0 Å². The Labute approximate surface area is 106 Å². The first-order valence-electron chi connectivity index (χ1n) is 5.65. The third kappa shape index (κ3) is 2.81. The lowest BCUT2D eigenvalue weighted by molar-refractivity contribution is 0.0356. The van der Waals surface area contributed by atoms with Gasteiger partial charge in [0.15, 0.2) is 9.84 Å². The Kier molecular flexibility index (Phi) is 3.30. The standard InChI is InChI=1S/C12H15NO4S/c1-8-2-3-9(6-11(8)13)12(14)17-10-4-5-18(15,16)7-10/h2-3,6,10H,4-5,7,13H2,1H3. The van der Waals surface area contributed by atoms with Gasteiger partial charge in [-0.2, -0.15) is 0 Å². The molecule has 1 fully saturated rings. The Morgan fingerprint density at radius 1 is 1.44 bits per heavy atom. The third-order valence-corrected chi connectivity index (χ3v) is 4.72. The van der Waals surface area contributed by atoms with Crippen LogP contribution in [0.15, 0.2) is 18.2 Å². The second-order valence-electron chi connectivity index (χ2n) is 4.50. The Hall–Kier alpha value is -1.56. The molecule has 18 heavy (non-hydrogen) atoms. The molecule has 98 valence electrons. The van der Waals surface area contributed by atoms with Gasteiger partial charge in [0.25, 0.3) is 0 Å². The van der Waals surface area contributed by atoms with Crippen LogP contribution < -0.4 is 5.73 Å². The van der Waals surface area contributed by atoms with E-state index in [-0.39, 0.29) is 11.5 Å². The van der Waals surface area contributed by atoms with E-state index in [1.165, 1.54) is 0 Å². The number of hydrogen-bond donors (Lipinski definition) is 1. The molecule has 2 N–H and O–H groups in total.